The molecule has 9 heteroatoms. The molecule has 5 nitrogen and oxygen atoms in total. The van der Waals surface area contributed by atoms with Crippen molar-refractivity contribution in [2.24, 2.45) is 7.05 Å². The van der Waals surface area contributed by atoms with Crippen molar-refractivity contribution in [3.8, 4) is 5.75 Å². The minimum Gasteiger partial charge on any atom is -0.496 e. The summed E-state index contributed by atoms with van der Waals surface area (Å²) < 4.78 is 52.6. The number of aryl methyl sites for hydroxylation is 1. The number of esters is 1. The van der Waals surface area contributed by atoms with Crippen molar-refractivity contribution in [1.29, 1.82) is 0 Å². The Morgan fingerprint density at radius 3 is 2.31 bits per heavy atom. The molecular formula is C17H22ClF3N2O3. The molecule has 0 saturated carbocycles. The number of fused-ring (bicyclic) bond motifs is 1. The lowest BCUT2D eigenvalue weighted by molar-refractivity contribution is -0.140. The zero-order valence-electron chi connectivity index (χ0n) is 15.2. The molecule has 0 aliphatic heterocycles. The molecule has 1 aromatic carbocycles. The number of halogens is 4. The first-order valence-electron chi connectivity index (χ1n) is 7.57. The van der Waals surface area contributed by atoms with Crippen molar-refractivity contribution in [3.63, 3.8) is 0 Å². The molecular weight excluding hydrogens is 373 g/mol. The number of benzene rings is 1. The Morgan fingerprint density at radius 2 is 1.85 bits per heavy atom. The Morgan fingerprint density at radius 1 is 1.23 bits per heavy atom. The largest absolute Gasteiger partial charge is 0.496 e. The van der Waals surface area contributed by atoms with E-state index in [1.807, 2.05) is 19.0 Å². The maximum absolute atomic E-state index is 13.8. The molecule has 2 rings (SSSR count). The molecule has 0 bridgehead atoms. The Kier molecular flexibility index (Phi) is 6.95. The van der Waals surface area contributed by atoms with E-state index in [-0.39, 0.29) is 30.0 Å². The molecule has 1 heterocycles. The van der Waals surface area contributed by atoms with Crippen molar-refractivity contribution in [1.82, 2.24) is 9.47 Å². The summed E-state index contributed by atoms with van der Waals surface area (Å²) in [5.74, 6) is -0.864. The molecule has 0 aliphatic rings. The highest BCUT2D eigenvalue weighted by Crippen LogP contribution is 2.44. The van der Waals surface area contributed by atoms with E-state index in [1.54, 1.807) is 17.7 Å². The summed E-state index contributed by atoms with van der Waals surface area (Å²) in [5.41, 5.74) is 0.462. The highest BCUT2D eigenvalue weighted by atomic mass is 35.5. The number of hydrogen-bond acceptors (Lipinski definition) is 4. The van der Waals surface area contributed by atoms with Gasteiger partial charge in [0.2, 0.25) is 0 Å². The van der Waals surface area contributed by atoms with Crippen LogP contribution < -0.4 is 4.74 Å². The SMILES string of the molecule is COC(=O)Cc1c(CN(C)C)n(C)c2ccc(OC)c(C(F)(F)F)c12.Cl. The predicted molar refractivity (Wildman–Crippen MR) is 94.8 cm³/mol. The molecule has 0 aliphatic carbocycles. The molecule has 0 saturated heterocycles. The van der Waals surface area contributed by atoms with E-state index in [2.05, 4.69) is 4.74 Å². The summed E-state index contributed by atoms with van der Waals surface area (Å²) in [4.78, 5) is 13.7. The number of alkyl halides is 3. The van der Waals surface area contributed by atoms with E-state index >= 15 is 0 Å². The summed E-state index contributed by atoms with van der Waals surface area (Å²) in [6, 6.07) is 2.87. The van der Waals surface area contributed by atoms with Gasteiger partial charge < -0.3 is 18.9 Å². The topological polar surface area (TPSA) is 43.7 Å². The van der Waals surface area contributed by atoms with E-state index in [4.69, 9.17) is 4.74 Å². The fourth-order valence-corrected chi connectivity index (χ4v) is 3.01. The van der Waals surface area contributed by atoms with Gasteiger partial charge >= 0.3 is 12.1 Å². The van der Waals surface area contributed by atoms with Crippen molar-refractivity contribution in [3.05, 3.63) is 29.0 Å². The maximum Gasteiger partial charge on any atom is 0.420 e. The van der Waals surface area contributed by atoms with E-state index < -0.39 is 17.7 Å². The monoisotopic (exact) mass is 394 g/mol. The Labute approximate surface area is 156 Å². The van der Waals surface area contributed by atoms with Crippen LogP contribution in [0, 0.1) is 0 Å². The lowest BCUT2D eigenvalue weighted by Crippen LogP contribution is -2.16. The number of ether oxygens (including phenoxy) is 2. The lowest BCUT2D eigenvalue weighted by atomic mass is 10.0. The molecule has 0 unspecified atom stereocenters. The number of carbonyl (C=O) groups is 1. The molecule has 0 spiro atoms. The smallest absolute Gasteiger partial charge is 0.420 e. The normalized spacial score (nSPS) is 11.6. The number of hydrogen-bond donors (Lipinski definition) is 0. The van der Waals surface area contributed by atoms with Gasteiger partial charge in [0.15, 0.2) is 0 Å². The molecule has 1 aromatic heterocycles. The third kappa shape index (κ3) is 4.07. The molecule has 2 aromatic rings. The van der Waals surface area contributed by atoms with Crippen LogP contribution in [-0.2, 0) is 35.7 Å². The minimum atomic E-state index is -4.62. The third-order valence-corrected chi connectivity index (χ3v) is 4.08. The van der Waals surface area contributed by atoms with Crippen molar-refractivity contribution in [2.75, 3.05) is 28.3 Å². The first kappa shape index (κ1) is 22.1. The molecule has 0 amide bonds. The molecule has 0 radical (unpaired) electrons. The van der Waals surface area contributed by atoms with Gasteiger partial charge in [0.1, 0.15) is 11.3 Å². The van der Waals surface area contributed by atoms with Gasteiger partial charge in [-0.3, -0.25) is 4.79 Å². The van der Waals surface area contributed by atoms with Crippen LogP contribution in [0.2, 0.25) is 0 Å². The molecule has 0 fully saturated rings. The van der Waals surface area contributed by atoms with Gasteiger partial charge in [0, 0.05) is 30.2 Å². The first-order valence-corrected chi connectivity index (χ1v) is 7.57. The van der Waals surface area contributed by atoms with Crippen LogP contribution in [0.4, 0.5) is 13.2 Å². The predicted octanol–water partition coefficient (Wildman–Crippen LogP) is 3.40. The third-order valence-electron chi connectivity index (χ3n) is 4.08. The van der Waals surface area contributed by atoms with Crippen LogP contribution in [0.25, 0.3) is 10.9 Å². The first-order chi connectivity index (χ1) is 11.6. The van der Waals surface area contributed by atoms with Crippen LogP contribution in [-0.4, -0.2) is 43.8 Å². The van der Waals surface area contributed by atoms with Crippen LogP contribution in [0.1, 0.15) is 16.8 Å². The van der Waals surface area contributed by atoms with Gasteiger partial charge in [0.25, 0.3) is 0 Å². The average molecular weight is 395 g/mol. The van der Waals surface area contributed by atoms with E-state index in [1.165, 1.54) is 20.3 Å². The second-order valence-corrected chi connectivity index (χ2v) is 6.01. The number of aromatic nitrogens is 1. The Bertz CT molecular complexity index is 801. The fraction of sp³-hybridized carbons (Fsp3) is 0.471. The Hall–Kier alpha value is -1.93. The van der Waals surface area contributed by atoms with Gasteiger partial charge in [-0.1, -0.05) is 0 Å². The fourth-order valence-electron chi connectivity index (χ4n) is 3.01. The molecule has 146 valence electrons. The van der Waals surface area contributed by atoms with E-state index in [0.717, 1.165) is 0 Å². The highest BCUT2D eigenvalue weighted by Gasteiger charge is 2.39. The zero-order chi connectivity index (χ0) is 18.9. The summed E-state index contributed by atoms with van der Waals surface area (Å²) in [5, 5.41) is -0.0170. The van der Waals surface area contributed by atoms with E-state index in [0.29, 0.717) is 23.3 Å². The Balaban J connectivity index is 0.00000338. The van der Waals surface area contributed by atoms with Gasteiger partial charge in [0.05, 0.1) is 20.6 Å². The van der Waals surface area contributed by atoms with Crippen molar-refractivity contribution < 1.29 is 27.4 Å². The second kappa shape index (κ2) is 8.18. The molecule has 0 atom stereocenters. The van der Waals surface area contributed by atoms with Gasteiger partial charge in [-0.2, -0.15) is 13.2 Å². The zero-order valence-corrected chi connectivity index (χ0v) is 16.0. The molecule has 0 N–H and O–H groups in total. The standard InChI is InChI=1S/C17H21F3N2O3.ClH/c1-21(2)9-12-10(8-14(23)25-5)15-11(22(12)3)6-7-13(24-4)16(15)17(18,19)20;/h6-7H,8-9H2,1-5H3;1H. The van der Waals surface area contributed by atoms with Crippen LogP contribution >= 0.6 is 12.4 Å². The van der Waals surface area contributed by atoms with Crippen LogP contribution in [0.5, 0.6) is 5.75 Å². The quantitative estimate of drug-likeness (QED) is 0.729. The molecule has 26 heavy (non-hydrogen) atoms. The number of rotatable bonds is 5. The minimum absolute atomic E-state index is 0. The van der Waals surface area contributed by atoms with Crippen molar-refractivity contribution >= 4 is 29.3 Å². The second-order valence-electron chi connectivity index (χ2n) is 6.01. The van der Waals surface area contributed by atoms with Gasteiger partial charge in [-0.25, -0.2) is 0 Å². The summed E-state index contributed by atoms with van der Waals surface area (Å²) in [6.45, 7) is 0.386. The van der Waals surface area contributed by atoms with Crippen LogP contribution in [0.15, 0.2) is 12.1 Å². The summed E-state index contributed by atoms with van der Waals surface area (Å²) >= 11 is 0. The summed E-state index contributed by atoms with van der Waals surface area (Å²) in [7, 11) is 7.72. The highest BCUT2D eigenvalue weighted by molar-refractivity contribution is 5.94. The van der Waals surface area contributed by atoms with E-state index in [9.17, 15) is 18.0 Å². The summed E-state index contributed by atoms with van der Waals surface area (Å²) in [6.07, 6.45) is -4.86. The lowest BCUT2D eigenvalue weighted by Gasteiger charge is -2.15. The number of carbonyl (C=O) groups excluding carboxylic acids is 1. The van der Waals surface area contributed by atoms with Crippen molar-refractivity contribution in [2.45, 2.75) is 19.1 Å². The van der Waals surface area contributed by atoms with Crippen LogP contribution in [0.3, 0.4) is 0 Å². The average Bonchev–Trinajstić information content (AvgIpc) is 2.77. The van der Waals surface area contributed by atoms with Gasteiger partial charge in [-0.15, -0.1) is 12.4 Å². The number of methoxy groups -OCH3 is 2. The maximum atomic E-state index is 13.8. The van der Waals surface area contributed by atoms with Gasteiger partial charge in [-0.05, 0) is 31.8 Å². The number of nitrogens with zero attached hydrogens (tertiary/aromatic N) is 2.